The van der Waals surface area contributed by atoms with Crippen LogP contribution >= 0.6 is 24.0 Å². The minimum atomic E-state index is -3.26. The molecular weight excluding hydrogens is 455 g/mol. The molecule has 7 nitrogen and oxygen atoms in total. The molecule has 146 valence electrons. The average molecular weight is 486 g/mol. The van der Waals surface area contributed by atoms with E-state index < -0.39 is 10.0 Å². The smallest absolute Gasteiger partial charge is 0.215 e. The van der Waals surface area contributed by atoms with Gasteiger partial charge < -0.3 is 15.1 Å². The van der Waals surface area contributed by atoms with E-state index in [1.54, 1.807) is 0 Å². The maximum Gasteiger partial charge on any atom is 0.215 e. The minimum absolute atomic E-state index is 0. The number of halogens is 1. The third-order valence-corrected chi connectivity index (χ3v) is 5.60. The van der Waals surface area contributed by atoms with Crippen LogP contribution in [0.4, 0.5) is 0 Å². The Morgan fingerprint density at radius 1 is 1.28 bits per heavy atom. The Balaban J connectivity index is 0.00000576. The number of aryl methyl sites for hydroxylation is 1. The predicted molar refractivity (Wildman–Crippen MR) is 113 cm³/mol. The predicted octanol–water partition coefficient (Wildman–Crippen LogP) is 2.49. The Morgan fingerprint density at radius 3 is 2.40 bits per heavy atom. The van der Waals surface area contributed by atoms with Crippen LogP contribution in [0.1, 0.15) is 45.3 Å². The number of nitrogens with zero attached hydrogens (tertiary/aromatic N) is 2. The van der Waals surface area contributed by atoms with Gasteiger partial charge in [0.15, 0.2) is 5.96 Å². The van der Waals surface area contributed by atoms with Gasteiger partial charge in [0.05, 0.1) is 18.3 Å². The lowest BCUT2D eigenvalue weighted by molar-refractivity contribution is 0.440. The Hall–Kier alpha value is -0.810. The Labute approximate surface area is 168 Å². The van der Waals surface area contributed by atoms with Crippen LogP contribution in [0.25, 0.3) is 0 Å². The molecule has 0 saturated carbocycles. The second kappa shape index (κ2) is 11.7. The van der Waals surface area contributed by atoms with Crippen molar-refractivity contribution in [2.75, 3.05) is 31.9 Å². The van der Waals surface area contributed by atoms with Crippen LogP contribution in [-0.4, -0.2) is 50.6 Å². The molecule has 1 aromatic rings. The summed E-state index contributed by atoms with van der Waals surface area (Å²) in [5.74, 6) is 2.24. The molecule has 0 fully saturated rings. The number of rotatable bonds is 9. The lowest BCUT2D eigenvalue weighted by Gasteiger charge is -2.18. The number of nitrogens with one attached hydrogen (secondary N) is 2. The first-order valence-electron chi connectivity index (χ1n) is 8.43. The quantitative estimate of drug-likeness (QED) is 0.318. The van der Waals surface area contributed by atoms with Gasteiger partial charge in [-0.15, -0.1) is 24.0 Å². The summed E-state index contributed by atoms with van der Waals surface area (Å²) in [7, 11) is -3.26. The molecule has 0 aliphatic carbocycles. The number of aliphatic imine (C=N–C) groups is 1. The Kier molecular flexibility index (Phi) is 11.4. The molecule has 0 aromatic carbocycles. The number of guanidine groups is 1. The van der Waals surface area contributed by atoms with Gasteiger partial charge in [0.25, 0.3) is 0 Å². The molecule has 25 heavy (non-hydrogen) atoms. The van der Waals surface area contributed by atoms with Crippen molar-refractivity contribution < 1.29 is 12.8 Å². The van der Waals surface area contributed by atoms with E-state index in [2.05, 4.69) is 15.6 Å². The van der Waals surface area contributed by atoms with Crippen molar-refractivity contribution in [1.29, 1.82) is 0 Å². The second-order valence-corrected chi connectivity index (χ2v) is 7.56. The molecule has 0 aliphatic rings. The number of hydrogen-bond acceptors (Lipinski definition) is 4. The highest BCUT2D eigenvalue weighted by molar-refractivity contribution is 14.0. The first kappa shape index (κ1) is 24.2. The third kappa shape index (κ3) is 7.95. The highest BCUT2D eigenvalue weighted by Gasteiger charge is 2.18. The Bertz CT molecular complexity index is 627. The first-order valence-corrected chi connectivity index (χ1v) is 10.0. The van der Waals surface area contributed by atoms with Gasteiger partial charge in [0.2, 0.25) is 10.0 Å². The van der Waals surface area contributed by atoms with Crippen LogP contribution in [0.15, 0.2) is 21.5 Å². The molecule has 1 aromatic heterocycles. The number of hydrogen-bond donors (Lipinski definition) is 2. The number of sulfonamides is 1. The van der Waals surface area contributed by atoms with Crippen molar-refractivity contribution in [2.24, 2.45) is 4.99 Å². The zero-order valence-electron chi connectivity index (χ0n) is 15.7. The summed E-state index contributed by atoms with van der Waals surface area (Å²) in [6, 6.07) is 3.77. The van der Waals surface area contributed by atoms with Crippen LogP contribution in [0, 0.1) is 6.92 Å². The zero-order valence-corrected chi connectivity index (χ0v) is 18.9. The van der Waals surface area contributed by atoms with E-state index in [1.807, 2.05) is 46.8 Å². The van der Waals surface area contributed by atoms with Crippen LogP contribution < -0.4 is 10.6 Å². The first-order chi connectivity index (χ1) is 11.3. The van der Waals surface area contributed by atoms with Crippen LogP contribution in [0.3, 0.4) is 0 Å². The lowest BCUT2D eigenvalue weighted by Crippen LogP contribution is -2.39. The molecule has 2 N–H and O–H groups in total. The summed E-state index contributed by atoms with van der Waals surface area (Å²) in [5.41, 5.74) is 0. The van der Waals surface area contributed by atoms with E-state index in [4.69, 9.17) is 4.42 Å². The molecule has 1 unspecified atom stereocenters. The normalized spacial score (nSPS) is 13.4. The van der Waals surface area contributed by atoms with Crippen molar-refractivity contribution in [3.8, 4) is 0 Å². The molecular formula is C16H31IN4O3S. The second-order valence-electron chi connectivity index (χ2n) is 5.48. The van der Waals surface area contributed by atoms with Gasteiger partial charge in [-0.3, -0.25) is 4.99 Å². The largest absolute Gasteiger partial charge is 0.464 e. The summed E-state index contributed by atoms with van der Waals surface area (Å²) in [5, 5.41) is 6.35. The van der Waals surface area contributed by atoms with Gasteiger partial charge in [-0.25, -0.2) is 12.7 Å². The molecule has 0 spiro atoms. The van der Waals surface area contributed by atoms with Gasteiger partial charge in [-0.1, -0.05) is 13.8 Å². The highest BCUT2D eigenvalue weighted by Crippen LogP contribution is 2.15. The fraction of sp³-hybridized carbons (Fsp3) is 0.688. The highest BCUT2D eigenvalue weighted by atomic mass is 127. The monoisotopic (exact) mass is 486 g/mol. The molecule has 0 amide bonds. The lowest BCUT2D eigenvalue weighted by atomic mass is 10.2. The maximum absolute atomic E-state index is 12.2. The molecule has 0 bridgehead atoms. The summed E-state index contributed by atoms with van der Waals surface area (Å²) in [4.78, 5) is 4.37. The van der Waals surface area contributed by atoms with Gasteiger partial charge >= 0.3 is 0 Å². The van der Waals surface area contributed by atoms with Gasteiger partial charge in [-0.05, 0) is 32.9 Å². The fourth-order valence-corrected chi connectivity index (χ4v) is 3.67. The summed E-state index contributed by atoms with van der Waals surface area (Å²) in [6.07, 6.45) is 0. The van der Waals surface area contributed by atoms with Crippen molar-refractivity contribution in [2.45, 2.75) is 40.7 Å². The molecule has 1 rings (SSSR count). The Morgan fingerprint density at radius 2 is 1.92 bits per heavy atom. The van der Waals surface area contributed by atoms with Crippen LogP contribution in [0.2, 0.25) is 0 Å². The molecule has 0 saturated heterocycles. The van der Waals surface area contributed by atoms with Gasteiger partial charge in [0.1, 0.15) is 11.5 Å². The van der Waals surface area contributed by atoms with Crippen molar-refractivity contribution in [3.63, 3.8) is 0 Å². The van der Waals surface area contributed by atoms with E-state index in [-0.39, 0.29) is 42.3 Å². The molecule has 0 aliphatic heterocycles. The number of furan rings is 1. The van der Waals surface area contributed by atoms with Crippen molar-refractivity contribution in [1.82, 2.24) is 14.9 Å². The molecule has 9 heteroatoms. The summed E-state index contributed by atoms with van der Waals surface area (Å²) < 4.78 is 31.4. The van der Waals surface area contributed by atoms with Crippen molar-refractivity contribution in [3.05, 3.63) is 23.7 Å². The topological polar surface area (TPSA) is 86.9 Å². The fourth-order valence-electron chi connectivity index (χ4n) is 2.30. The van der Waals surface area contributed by atoms with E-state index in [0.717, 1.165) is 11.5 Å². The van der Waals surface area contributed by atoms with E-state index in [1.165, 1.54) is 4.31 Å². The van der Waals surface area contributed by atoms with E-state index in [9.17, 15) is 8.42 Å². The van der Waals surface area contributed by atoms with E-state index in [0.29, 0.717) is 25.6 Å². The molecule has 1 heterocycles. The van der Waals surface area contributed by atoms with Gasteiger partial charge in [0, 0.05) is 19.6 Å². The summed E-state index contributed by atoms with van der Waals surface area (Å²) >= 11 is 0. The SMILES string of the molecule is CCNC(=NCCS(=O)(=O)N(CC)CC)NC(C)c1ccc(C)o1.I. The zero-order chi connectivity index (χ0) is 18.2. The van der Waals surface area contributed by atoms with Gasteiger partial charge in [-0.2, -0.15) is 0 Å². The molecule has 0 radical (unpaired) electrons. The minimum Gasteiger partial charge on any atom is -0.464 e. The molecule has 1 atom stereocenters. The average Bonchev–Trinajstić information content (AvgIpc) is 2.94. The summed E-state index contributed by atoms with van der Waals surface area (Å²) in [6.45, 7) is 11.4. The third-order valence-electron chi connectivity index (χ3n) is 3.60. The van der Waals surface area contributed by atoms with Crippen LogP contribution in [0.5, 0.6) is 0 Å². The van der Waals surface area contributed by atoms with Crippen LogP contribution in [-0.2, 0) is 10.0 Å². The van der Waals surface area contributed by atoms with E-state index >= 15 is 0 Å². The maximum atomic E-state index is 12.2. The standard InChI is InChI=1S/C16H30N4O3S.HI/c1-6-17-16(19-14(5)15-10-9-13(4)23-15)18-11-12-24(21,22)20(7-2)8-3;/h9-10,14H,6-8,11-12H2,1-5H3,(H2,17,18,19);1H. The van der Waals surface area contributed by atoms with Crippen molar-refractivity contribution >= 4 is 40.0 Å².